The van der Waals surface area contributed by atoms with Crippen LogP contribution in [0.25, 0.3) is 0 Å². The summed E-state index contributed by atoms with van der Waals surface area (Å²) in [5, 5.41) is 4.49. The van der Waals surface area contributed by atoms with Gasteiger partial charge in [0.15, 0.2) is 5.75 Å². The molecule has 2 unspecified atom stereocenters. The number of likely N-dealkylation sites (N-methyl/N-ethyl adjacent to an activating group) is 1. The van der Waals surface area contributed by atoms with E-state index in [4.69, 9.17) is 10.6 Å². The van der Waals surface area contributed by atoms with Crippen molar-refractivity contribution < 1.29 is 4.74 Å². The lowest BCUT2D eigenvalue weighted by Gasteiger charge is -2.33. The minimum absolute atomic E-state index is 0.0320. The Bertz CT molecular complexity index is 456. The minimum Gasteiger partial charge on any atom is -0.493 e. The fraction of sp³-hybridized carbons (Fsp3) is 0.786. The van der Waals surface area contributed by atoms with Gasteiger partial charge in [0.2, 0.25) is 0 Å². The van der Waals surface area contributed by atoms with E-state index >= 15 is 0 Å². The first kappa shape index (κ1) is 16.6. The summed E-state index contributed by atoms with van der Waals surface area (Å²) in [4.78, 5) is 2.15. The summed E-state index contributed by atoms with van der Waals surface area (Å²) in [6.45, 7) is 4.03. The van der Waals surface area contributed by atoms with E-state index in [9.17, 15) is 0 Å². The highest BCUT2D eigenvalue weighted by Crippen LogP contribution is 2.47. The Morgan fingerprint density at radius 1 is 1.62 bits per heavy atom. The van der Waals surface area contributed by atoms with Crippen molar-refractivity contribution in [1.82, 2.24) is 20.1 Å². The number of rotatable bonds is 7. The fourth-order valence-electron chi connectivity index (χ4n) is 2.87. The van der Waals surface area contributed by atoms with Gasteiger partial charge in [0, 0.05) is 11.3 Å². The van der Waals surface area contributed by atoms with Gasteiger partial charge in [-0.3, -0.25) is 10.5 Å². The standard InChI is InChI=1S/C14H27N5OS/c1-14(6-5-9-21-14)13(17-15)12-11(20-4)10-16-19(12)8-7-18(2)3/h10,13,17H,5-9,15H2,1-4H3. The molecule has 0 spiro atoms. The smallest absolute Gasteiger partial charge is 0.161 e. The Morgan fingerprint density at radius 3 is 2.90 bits per heavy atom. The predicted molar refractivity (Wildman–Crippen MR) is 87.5 cm³/mol. The molecular formula is C14H27N5OS. The number of hydrazine groups is 1. The second-order valence-corrected chi connectivity index (χ2v) is 7.62. The van der Waals surface area contributed by atoms with Gasteiger partial charge in [-0.05, 0) is 39.6 Å². The third kappa shape index (κ3) is 3.53. The second-order valence-electron chi connectivity index (χ2n) is 5.99. The summed E-state index contributed by atoms with van der Waals surface area (Å²) in [5.74, 6) is 7.90. The van der Waals surface area contributed by atoms with E-state index in [1.165, 1.54) is 12.2 Å². The molecule has 0 aliphatic carbocycles. The number of nitrogens with two attached hydrogens (primary N) is 1. The highest BCUT2D eigenvalue weighted by molar-refractivity contribution is 8.00. The zero-order valence-electron chi connectivity index (χ0n) is 13.4. The predicted octanol–water partition coefficient (Wildman–Crippen LogP) is 1.24. The van der Waals surface area contributed by atoms with Gasteiger partial charge in [-0.1, -0.05) is 0 Å². The van der Waals surface area contributed by atoms with Crippen LogP contribution in [0.3, 0.4) is 0 Å². The Morgan fingerprint density at radius 2 is 2.38 bits per heavy atom. The number of hydrogen-bond donors (Lipinski definition) is 2. The van der Waals surface area contributed by atoms with E-state index in [1.807, 2.05) is 16.4 Å². The topological polar surface area (TPSA) is 68.3 Å². The number of thioether (sulfide) groups is 1. The monoisotopic (exact) mass is 313 g/mol. The zero-order valence-corrected chi connectivity index (χ0v) is 14.2. The van der Waals surface area contributed by atoms with Crippen molar-refractivity contribution in [2.24, 2.45) is 5.84 Å². The molecule has 2 heterocycles. The molecule has 0 bridgehead atoms. The molecule has 0 saturated carbocycles. The molecule has 0 amide bonds. The maximum absolute atomic E-state index is 5.91. The average molecular weight is 313 g/mol. The van der Waals surface area contributed by atoms with Crippen LogP contribution in [-0.4, -0.2) is 52.9 Å². The van der Waals surface area contributed by atoms with Crippen molar-refractivity contribution in [1.29, 1.82) is 0 Å². The normalized spacial score (nSPS) is 23.7. The molecule has 7 heteroatoms. The van der Waals surface area contributed by atoms with Crippen LogP contribution in [0.1, 0.15) is 31.5 Å². The molecular weight excluding hydrogens is 286 g/mol. The molecule has 1 aromatic rings. The van der Waals surface area contributed by atoms with E-state index in [2.05, 4.69) is 36.4 Å². The maximum Gasteiger partial charge on any atom is 0.161 e. The average Bonchev–Trinajstić information content (AvgIpc) is 3.05. The molecule has 120 valence electrons. The SMILES string of the molecule is COc1cnn(CCN(C)C)c1C(NN)C1(C)CCCS1. The largest absolute Gasteiger partial charge is 0.493 e. The summed E-state index contributed by atoms with van der Waals surface area (Å²) >= 11 is 1.98. The number of nitrogens with zero attached hydrogens (tertiary/aromatic N) is 3. The summed E-state index contributed by atoms with van der Waals surface area (Å²) in [5.41, 5.74) is 4.07. The minimum atomic E-state index is 0.0320. The van der Waals surface area contributed by atoms with Crippen LogP contribution in [0.2, 0.25) is 0 Å². The van der Waals surface area contributed by atoms with Gasteiger partial charge < -0.3 is 9.64 Å². The molecule has 3 N–H and O–H groups in total. The van der Waals surface area contributed by atoms with Crippen molar-refractivity contribution >= 4 is 11.8 Å². The van der Waals surface area contributed by atoms with Crippen LogP contribution in [0.5, 0.6) is 5.75 Å². The van der Waals surface area contributed by atoms with Gasteiger partial charge in [0.25, 0.3) is 0 Å². The van der Waals surface area contributed by atoms with E-state index in [1.54, 1.807) is 13.3 Å². The first-order chi connectivity index (χ1) is 10.0. The van der Waals surface area contributed by atoms with Crippen LogP contribution < -0.4 is 16.0 Å². The summed E-state index contributed by atoms with van der Waals surface area (Å²) < 4.78 is 7.62. The highest BCUT2D eigenvalue weighted by atomic mass is 32.2. The van der Waals surface area contributed by atoms with E-state index in [-0.39, 0.29) is 10.8 Å². The molecule has 1 aliphatic heterocycles. The van der Waals surface area contributed by atoms with Crippen LogP contribution in [0, 0.1) is 0 Å². The molecule has 21 heavy (non-hydrogen) atoms. The first-order valence-corrected chi connectivity index (χ1v) is 8.35. The third-order valence-electron chi connectivity index (χ3n) is 4.12. The molecule has 2 atom stereocenters. The molecule has 6 nitrogen and oxygen atoms in total. The summed E-state index contributed by atoms with van der Waals surface area (Å²) in [6, 6.07) is 0.0320. The number of methoxy groups -OCH3 is 1. The number of nitrogens with one attached hydrogen (secondary N) is 1. The third-order valence-corrected chi connectivity index (χ3v) is 5.72. The molecule has 1 fully saturated rings. The number of hydrogen-bond acceptors (Lipinski definition) is 6. The van der Waals surface area contributed by atoms with Crippen molar-refractivity contribution in [2.45, 2.75) is 37.1 Å². The molecule has 1 aliphatic rings. The Balaban J connectivity index is 2.31. The van der Waals surface area contributed by atoms with Gasteiger partial charge >= 0.3 is 0 Å². The Hall–Kier alpha value is -0.760. The van der Waals surface area contributed by atoms with Crippen LogP contribution >= 0.6 is 11.8 Å². The molecule has 1 aromatic heterocycles. The lowest BCUT2D eigenvalue weighted by Crippen LogP contribution is -2.43. The first-order valence-electron chi connectivity index (χ1n) is 7.36. The zero-order chi connectivity index (χ0) is 15.5. The number of ether oxygens (including phenoxy) is 1. The van der Waals surface area contributed by atoms with Gasteiger partial charge in [0.05, 0.1) is 25.9 Å². The summed E-state index contributed by atoms with van der Waals surface area (Å²) in [7, 11) is 5.81. The van der Waals surface area contributed by atoms with Crippen LogP contribution in [0.15, 0.2) is 6.20 Å². The molecule has 2 rings (SSSR count). The van der Waals surface area contributed by atoms with Crippen molar-refractivity contribution in [2.75, 3.05) is 33.5 Å². The van der Waals surface area contributed by atoms with E-state index < -0.39 is 0 Å². The van der Waals surface area contributed by atoms with Gasteiger partial charge in [-0.2, -0.15) is 16.9 Å². The second kappa shape index (κ2) is 7.00. The van der Waals surface area contributed by atoms with Gasteiger partial charge in [0.1, 0.15) is 5.69 Å². The lowest BCUT2D eigenvalue weighted by molar-refractivity contribution is 0.335. The van der Waals surface area contributed by atoms with Gasteiger partial charge in [-0.15, -0.1) is 0 Å². The molecule has 0 radical (unpaired) electrons. The number of aromatic nitrogens is 2. The quantitative estimate of drug-likeness (QED) is 0.583. The van der Waals surface area contributed by atoms with E-state index in [0.29, 0.717) is 0 Å². The van der Waals surface area contributed by atoms with Crippen molar-refractivity contribution in [3.8, 4) is 5.75 Å². The Kier molecular flexibility index (Phi) is 5.54. The fourth-order valence-corrected chi connectivity index (χ4v) is 4.26. The molecule has 0 aromatic carbocycles. The van der Waals surface area contributed by atoms with Crippen LogP contribution in [-0.2, 0) is 6.54 Å². The van der Waals surface area contributed by atoms with Crippen molar-refractivity contribution in [3.63, 3.8) is 0 Å². The molecule has 1 saturated heterocycles. The van der Waals surface area contributed by atoms with E-state index in [0.717, 1.165) is 31.0 Å². The lowest BCUT2D eigenvalue weighted by atomic mass is 9.93. The highest BCUT2D eigenvalue weighted by Gasteiger charge is 2.41. The summed E-state index contributed by atoms with van der Waals surface area (Å²) in [6.07, 6.45) is 4.17. The van der Waals surface area contributed by atoms with Crippen LogP contribution in [0.4, 0.5) is 0 Å². The Labute approximate surface area is 131 Å². The van der Waals surface area contributed by atoms with Gasteiger partial charge in [-0.25, -0.2) is 5.43 Å². The maximum atomic E-state index is 5.91. The van der Waals surface area contributed by atoms with Crippen molar-refractivity contribution in [3.05, 3.63) is 11.9 Å².